The van der Waals surface area contributed by atoms with E-state index in [1.807, 2.05) is 13.0 Å². The van der Waals surface area contributed by atoms with Crippen LogP contribution in [-0.2, 0) is 23.9 Å². The van der Waals surface area contributed by atoms with E-state index < -0.39 is 35.0 Å². The predicted molar refractivity (Wildman–Crippen MR) is 140 cm³/mol. The van der Waals surface area contributed by atoms with Crippen LogP contribution in [0.15, 0.2) is 49.6 Å². The summed E-state index contributed by atoms with van der Waals surface area (Å²) in [7, 11) is 0. The van der Waals surface area contributed by atoms with Crippen LogP contribution < -0.4 is 4.90 Å². The van der Waals surface area contributed by atoms with Crippen LogP contribution >= 0.6 is 11.6 Å². The lowest BCUT2D eigenvalue weighted by atomic mass is 9.66. The Balaban J connectivity index is 1.67. The second-order valence-electron chi connectivity index (χ2n) is 10.1. The minimum absolute atomic E-state index is 0.0422. The number of β-amino-alcohol motifs (C(OH)–C–C–N with tert-alkyl or cyclic N) is 1. The lowest BCUT2D eigenvalue weighted by Crippen LogP contribution is -2.56. The van der Waals surface area contributed by atoms with Gasteiger partial charge < -0.3 is 24.4 Å². The van der Waals surface area contributed by atoms with E-state index in [1.165, 1.54) is 9.80 Å². The Morgan fingerprint density at radius 3 is 2.62 bits per heavy atom. The van der Waals surface area contributed by atoms with Gasteiger partial charge in [-0.3, -0.25) is 14.4 Å². The van der Waals surface area contributed by atoms with Crippen molar-refractivity contribution in [1.82, 2.24) is 4.90 Å². The van der Waals surface area contributed by atoms with Crippen molar-refractivity contribution >= 4 is 35.1 Å². The molecule has 3 heterocycles. The van der Waals surface area contributed by atoms with Gasteiger partial charge in [0.25, 0.3) is 5.91 Å². The lowest BCUT2D eigenvalue weighted by molar-refractivity contribution is -0.159. The molecule has 3 saturated heterocycles. The third kappa shape index (κ3) is 4.71. The molecule has 9 heteroatoms. The Labute approximate surface area is 222 Å². The number of likely N-dealkylation sites (tertiary alicyclic amines) is 1. The number of fused-ring (bicyclic) bond motifs is 1. The van der Waals surface area contributed by atoms with Crippen molar-refractivity contribution < 1.29 is 29.0 Å². The second-order valence-corrected chi connectivity index (χ2v) is 10.6. The van der Waals surface area contributed by atoms with Crippen LogP contribution in [0.25, 0.3) is 0 Å². The monoisotopic (exact) mass is 530 g/mol. The number of amides is 2. The molecule has 0 aromatic heterocycles. The number of anilines is 1. The van der Waals surface area contributed by atoms with E-state index in [1.54, 1.807) is 30.3 Å². The number of halogens is 1. The van der Waals surface area contributed by atoms with Crippen molar-refractivity contribution in [2.75, 3.05) is 31.2 Å². The van der Waals surface area contributed by atoms with E-state index >= 15 is 0 Å². The van der Waals surface area contributed by atoms with Gasteiger partial charge in [-0.25, -0.2) is 0 Å². The highest BCUT2D eigenvalue weighted by atomic mass is 35.5. The number of ether oxygens (including phenoxy) is 2. The van der Waals surface area contributed by atoms with Crippen molar-refractivity contribution in [2.45, 2.75) is 56.3 Å². The highest BCUT2D eigenvalue weighted by Crippen LogP contribution is 2.63. The zero-order chi connectivity index (χ0) is 26.8. The number of carbonyl (C=O) groups excluding carboxylic acids is 3. The molecule has 3 fully saturated rings. The summed E-state index contributed by atoms with van der Waals surface area (Å²) >= 11 is 6.06. The Bertz CT molecular complexity index is 1060. The minimum atomic E-state index is -1.18. The van der Waals surface area contributed by atoms with Crippen LogP contribution in [0.5, 0.6) is 0 Å². The molecule has 37 heavy (non-hydrogen) atoms. The summed E-state index contributed by atoms with van der Waals surface area (Å²) in [5.74, 6) is -2.87. The molecule has 0 saturated carbocycles. The summed E-state index contributed by atoms with van der Waals surface area (Å²) in [5.41, 5.74) is -1.50. The molecular weight excluding hydrogens is 496 g/mol. The number of hydrogen-bond acceptors (Lipinski definition) is 6. The van der Waals surface area contributed by atoms with Gasteiger partial charge in [-0.1, -0.05) is 23.8 Å². The van der Waals surface area contributed by atoms with E-state index in [9.17, 15) is 19.5 Å². The van der Waals surface area contributed by atoms with Crippen molar-refractivity contribution in [1.29, 1.82) is 0 Å². The molecule has 0 aliphatic carbocycles. The fourth-order valence-corrected chi connectivity index (χ4v) is 6.41. The van der Waals surface area contributed by atoms with E-state index in [-0.39, 0.29) is 38.1 Å². The molecule has 1 aromatic carbocycles. The number of nitrogens with zero attached hydrogens (tertiary/aromatic N) is 2. The Hall–Kier alpha value is -2.68. The largest absolute Gasteiger partial charge is 0.465 e. The second kappa shape index (κ2) is 11.0. The van der Waals surface area contributed by atoms with Gasteiger partial charge in [0.15, 0.2) is 0 Å². The average Bonchev–Trinajstić information content (AvgIpc) is 3.44. The molecule has 1 spiro atoms. The van der Waals surface area contributed by atoms with Crippen molar-refractivity contribution in [2.24, 2.45) is 11.8 Å². The summed E-state index contributed by atoms with van der Waals surface area (Å²) < 4.78 is 12.2. The van der Waals surface area contributed by atoms with Gasteiger partial charge in [0, 0.05) is 23.8 Å². The summed E-state index contributed by atoms with van der Waals surface area (Å²) in [6, 6.07) is 5.83. The molecule has 2 amide bonds. The van der Waals surface area contributed by atoms with Gasteiger partial charge in [-0.05, 0) is 63.3 Å². The highest BCUT2D eigenvalue weighted by Gasteiger charge is 2.78. The van der Waals surface area contributed by atoms with Crippen LogP contribution in [-0.4, -0.2) is 71.3 Å². The van der Waals surface area contributed by atoms with Crippen LogP contribution in [0.1, 0.15) is 39.0 Å². The fraction of sp³-hybridized carbons (Fsp3) is 0.536. The van der Waals surface area contributed by atoms with Crippen molar-refractivity contribution in [3.63, 3.8) is 0 Å². The molecule has 4 rings (SSSR count). The number of esters is 1. The number of rotatable bonds is 12. The maximum absolute atomic E-state index is 14.2. The molecule has 5 atom stereocenters. The average molecular weight is 531 g/mol. The number of benzene rings is 1. The molecule has 8 nitrogen and oxygen atoms in total. The topological polar surface area (TPSA) is 96.4 Å². The Morgan fingerprint density at radius 1 is 1.24 bits per heavy atom. The van der Waals surface area contributed by atoms with E-state index in [4.69, 9.17) is 21.1 Å². The van der Waals surface area contributed by atoms with Gasteiger partial charge in [-0.15, -0.1) is 13.2 Å². The first-order valence-electron chi connectivity index (χ1n) is 12.8. The van der Waals surface area contributed by atoms with Gasteiger partial charge in [0.1, 0.15) is 17.6 Å². The number of allylic oxidation sites excluding steroid dienone is 1. The first-order chi connectivity index (χ1) is 17.7. The Kier molecular flexibility index (Phi) is 8.11. The third-order valence-corrected chi connectivity index (χ3v) is 8.12. The highest BCUT2D eigenvalue weighted by molar-refractivity contribution is 6.30. The van der Waals surface area contributed by atoms with E-state index in [0.717, 1.165) is 12.8 Å². The summed E-state index contributed by atoms with van der Waals surface area (Å²) in [4.78, 5) is 44.3. The number of carbonyl (C=O) groups is 3. The molecule has 1 aromatic rings. The van der Waals surface area contributed by atoms with Crippen LogP contribution in [0.4, 0.5) is 5.69 Å². The zero-order valence-corrected chi connectivity index (χ0v) is 22.0. The van der Waals surface area contributed by atoms with Crippen LogP contribution in [0.3, 0.4) is 0 Å². The molecule has 3 aliphatic heterocycles. The van der Waals surface area contributed by atoms with Crippen LogP contribution in [0.2, 0.25) is 5.02 Å². The molecule has 200 valence electrons. The quantitative estimate of drug-likeness (QED) is 0.252. The lowest BCUT2D eigenvalue weighted by Gasteiger charge is -2.36. The predicted octanol–water partition coefficient (Wildman–Crippen LogP) is 3.52. The molecule has 3 aliphatic rings. The van der Waals surface area contributed by atoms with E-state index in [2.05, 4.69) is 13.2 Å². The molecule has 2 bridgehead atoms. The Morgan fingerprint density at radius 2 is 1.97 bits per heavy atom. The number of aliphatic hydroxyl groups excluding tert-OH is 1. The van der Waals surface area contributed by atoms with Crippen molar-refractivity contribution in [3.05, 3.63) is 54.6 Å². The first-order valence-corrected chi connectivity index (χ1v) is 13.2. The molecule has 1 N–H and O–H groups in total. The molecular formula is C28H35ClN2O6. The molecule has 2 unspecified atom stereocenters. The third-order valence-electron chi connectivity index (χ3n) is 7.87. The van der Waals surface area contributed by atoms with Gasteiger partial charge in [-0.2, -0.15) is 0 Å². The standard InChI is InChI=1S/C28H35ClN2O6/c1-4-6-7-8-18-36-26(35)22-21-24(33)31(16-17-32)23(28(21)14-13-27(22,3)37-28)25(34)30(15-5-2)20-11-9-19(29)10-12-20/h4-5,9-12,21-23,32H,1-2,6-8,13-18H2,3H3/t21-,22-,23?,27+,28?/m0/s1. The van der Waals surface area contributed by atoms with Gasteiger partial charge in [0.05, 0.1) is 24.7 Å². The number of hydrogen-bond donors (Lipinski definition) is 1. The first kappa shape index (κ1) is 27.4. The summed E-state index contributed by atoms with van der Waals surface area (Å²) in [6.07, 6.45) is 6.78. The fourth-order valence-electron chi connectivity index (χ4n) is 6.28. The summed E-state index contributed by atoms with van der Waals surface area (Å²) in [5, 5.41) is 10.3. The zero-order valence-electron chi connectivity index (χ0n) is 21.2. The maximum Gasteiger partial charge on any atom is 0.312 e. The maximum atomic E-state index is 14.2. The van der Waals surface area contributed by atoms with E-state index in [0.29, 0.717) is 30.0 Å². The number of unbranched alkanes of at least 4 members (excludes halogenated alkanes) is 2. The minimum Gasteiger partial charge on any atom is -0.465 e. The SMILES string of the molecule is C=CCCCCOC(=O)[C@@H]1[C@H]2C(=O)N(CCO)C(C(=O)N(CC=C)c3ccc(Cl)cc3)C23CC[C@@]1(C)O3. The smallest absolute Gasteiger partial charge is 0.312 e. The molecule has 0 radical (unpaired) electrons. The number of aliphatic hydroxyl groups is 1. The van der Waals surface area contributed by atoms with Gasteiger partial charge in [0.2, 0.25) is 5.91 Å². The van der Waals surface area contributed by atoms with Crippen LogP contribution in [0, 0.1) is 11.8 Å². The van der Waals surface area contributed by atoms with Gasteiger partial charge >= 0.3 is 5.97 Å². The van der Waals surface area contributed by atoms with Crippen molar-refractivity contribution in [3.8, 4) is 0 Å². The normalized spacial score (nSPS) is 29.8. The summed E-state index contributed by atoms with van der Waals surface area (Å²) in [6.45, 7) is 9.40.